The summed E-state index contributed by atoms with van der Waals surface area (Å²) in [7, 11) is 1.68. The van der Waals surface area contributed by atoms with E-state index < -0.39 is 0 Å². The summed E-state index contributed by atoms with van der Waals surface area (Å²) in [6, 6.07) is 10.0. The first-order valence-corrected chi connectivity index (χ1v) is 12.4. The van der Waals surface area contributed by atoms with Crippen LogP contribution in [0.15, 0.2) is 40.8 Å². The molecule has 1 fully saturated rings. The molecule has 0 radical (unpaired) electrons. The number of benzene rings is 2. The molecular formula is C28H31ClN2O3. The number of amides is 1. The Labute approximate surface area is 205 Å². The molecule has 0 unspecified atom stereocenters. The Bertz CT molecular complexity index is 1270. The molecule has 1 aliphatic heterocycles. The molecule has 5 rings (SSSR count). The molecule has 1 saturated heterocycles. The van der Waals surface area contributed by atoms with Crippen LogP contribution in [0, 0.1) is 6.92 Å². The highest BCUT2D eigenvalue weighted by atomic mass is 35.5. The highest BCUT2D eigenvalue weighted by Crippen LogP contribution is 2.41. The van der Waals surface area contributed by atoms with Crippen molar-refractivity contribution in [3.05, 3.63) is 63.9 Å². The van der Waals surface area contributed by atoms with Crippen molar-refractivity contribution >= 4 is 39.7 Å². The van der Waals surface area contributed by atoms with Crippen LogP contribution in [-0.2, 0) is 17.6 Å². The third-order valence-corrected chi connectivity index (χ3v) is 7.50. The lowest BCUT2D eigenvalue weighted by molar-refractivity contribution is -0.126. The summed E-state index contributed by atoms with van der Waals surface area (Å²) in [4.78, 5) is 17.3. The number of furan rings is 1. The Morgan fingerprint density at radius 1 is 1.12 bits per heavy atom. The Kier molecular flexibility index (Phi) is 6.30. The van der Waals surface area contributed by atoms with E-state index in [0.717, 1.165) is 75.8 Å². The van der Waals surface area contributed by atoms with Crippen molar-refractivity contribution < 1.29 is 13.9 Å². The number of nitrogens with zero attached hydrogens (tertiary/aromatic N) is 2. The van der Waals surface area contributed by atoms with Crippen molar-refractivity contribution in [1.29, 1.82) is 0 Å². The Balaban J connectivity index is 1.39. The Hall–Kier alpha value is -2.92. The van der Waals surface area contributed by atoms with Crippen LogP contribution in [0.5, 0.6) is 5.75 Å². The molecule has 2 aliphatic rings. The summed E-state index contributed by atoms with van der Waals surface area (Å²) < 4.78 is 12.0. The molecular weight excluding hydrogens is 448 g/mol. The zero-order valence-electron chi connectivity index (χ0n) is 20.1. The average Bonchev–Trinajstić information content (AvgIpc) is 3.23. The van der Waals surface area contributed by atoms with Gasteiger partial charge in [-0.2, -0.15) is 0 Å². The van der Waals surface area contributed by atoms with E-state index in [4.69, 9.17) is 20.8 Å². The van der Waals surface area contributed by atoms with Gasteiger partial charge in [0, 0.05) is 60.8 Å². The topological polar surface area (TPSA) is 45.9 Å². The van der Waals surface area contributed by atoms with E-state index in [1.165, 1.54) is 18.4 Å². The van der Waals surface area contributed by atoms with Crippen molar-refractivity contribution in [2.45, 2.75) is 39.5 Å². The van der Waals surface area contributed by atoms with Gasteiger partial charge < -0.3 is 19.0 Å². The molecule has 0 saturated carbocycles. The normalized spacial score (nSPS) is 16.6. The van der Waals surface area contributed by atoms with Crippen molar-refractivity contribution in [2.24, 2.45) is 0 Å². The largest absolute Gasteiger partial charge is 0.496 e. The predicted octanol–water partition coefficient (Wildman–Crippen LogP) is 6.03. The number of rotatable bonds is 4. The smallest absolute Gasteiger partial charge is 0.246 e. The van der Waals surface area contributed by atoms with Gasteiger partial charge in [0.1, 0.15) is 17.1 Å². The van der Waals surface area contributed by atoms with Crippen LogP contribution in [-0.4, -0.2) is 44.1 Å². The molecule has 0 bridgehead atoms. The van der Waals surface area contributed by atoms with Crippen LogP contribution in [0.1, 0.15) is 42.2 Å². The molecule has 34 heavy (non-hydrogen) atoms. The molecule has 0 atom stereocenters. The second-order valence-corrected chi connectivity index (χ2v) is 9.67. The standard InChI is InChI=1S/C28H31ClN2O3/c1-18(16-26(32)31-14-12-30(13-15-31)24-10-6-5-9-23(24)29)21-17-22-20-8-4-7-11-25(20)34-28(22)19(2)27(21)33-3/h5-6,9-10,16-17H,4,7-8,11-15H2,1-3H3/b18-16+. The van der Waals surface area contributed by atoms with Gasteiger partial charge in [0.25, 0.3) is 0 Å². The predicted molar refractivity (Wildman–Crippen MR) is 138 cm³/mol. The summed E-state index contributed by atoms with van der Waals surface area (Å²) in [6.07, 6.45) is 6.16. The van der Waals surface area contributed by atoms with E-state index in [1.807, 2.05) is 43.0 Å². The molecule has 1 amide bonds. The molecule has 6 heteroatoms. The molecule has 2 aromatic carbocycles. The maximum absolute atomic E-state index is 13.2. The number of halogens is 1. The lowest BCUT2D eigenvalue weighted by atomic mass is 9.93. The fourth-order valence-electron chi connectivity index (χ4n) is 5.32. The van der Waals surface area contributed by atoms with Crippen LogP contribution in [0.2, 0.25) is 5.02 Å². The van der Waals surface area contributed by atoms with E-state index in [-0.39, 0.29) is 5.91 Å². The maximum atomic E-state index is 13.2. The van der Waals surface area contributed by atoms with Gasteiger partial charge in [-0.15, -0.1) is 0 Å². The van der Waals surface area contributed by atoms with Crippen LogP contribution < -0.4 is 9.64 Å². The van der Waals surface area contributed by atoms with Gasteiger partial charge in [-0.25, -0.2) is 0 Å². The zero-order chi connectivity index (χ0) is 23.8. The van der Waals surface area contributed by atoms with Crippen LogP contribution >= 0.6 is 11.6 Å². The highest BCUT2D eigenvalue weighted by molar-refractivity contribution is 6.33. The third-order valence-electron chi connectivity index (χ3n) is 7.18. The van der Waals surface area contributed by atoms with E-state index in [9.17, 15) is 4.79 Å². The molecule has 3 aromatic rings. The van der Waals surface area contributed by atoms with Crippen LogP contribution in [0.3, 0.4) is 0 Å². The Morgan fingerprint density at radius 2 is 1.85 bits per heavy atom. The molecule has 2 heterocycles. The summed E-state index contributed by atoms with van der Waals surface area (Å²) in [5.41, 5.74) is 6.14. The minimum absolute atomic E-state index is 0.0327. The monoisotopic (exact) mass is 478 g/mol. The number of carbonyl (C=O) groups is 1. The minimum Gasteiger partial charge on any atom is -0.496 e. The lowest BCUT2D eigenvalue weighted by Gasteiger charge is -2.36. The van der Waals surface area contributed by atoms with Gasteiger partial charge in [-0.3, -0.25) is 4.79 Å². The number of para-hydroxylation sites is 1. The summed E-state index contributed by atoms with van der Waals surface area (Å²) >= 11 is 6.36. The molecule has 1 aromatic heterocycles. The number of methoxy groups -OCH3 is 1. The molecule has 0 spiro atoms. The van der Waals surface area contributed by atoms with Gasteiger partial charge in [0.05, 0.1) is 17.8 Å². The fraction of sp³-hybridized carbons (Fsp3) is 0.393. The van der Waals surface area contributed by atoms with Crippen molar-refractivity contribution in [2.75, 3.05) is 38.2 Å². The number of carbonyl (C=O) groups excluding carboxylic acids is 1. The highest BCUT2D eigenvalue weighted by Gasteiger charge is 2.25. The van der Waals surface area contributed by atoms with Gasteiger partial charge in [0.2, 0.25) is 5.91 Å². The number of piperazine rings is 1. The fourth-order valence-corrected chi connectivity index (χ4v) is 5.58. The first kappa shape index (κ1) is 22.9. The second-order valence-electron chi connectivity index (χ2n) is 9.26. The number of allylic oxidation sites excluding steroid dienone is 1. The maximum Gasteiger partial charge on any atom is 0.246 e. The third kappa shape index (κ3) is 4.07. The molecule has 0 N–H and O–H groups in total. The van der Waals surface area contributed by atoms with Crippen molar-refractivity contribution in [3.8, 4) is 5.75 Å². The second kappa shape index (κ2) is 9.38. The summed E-state index contributed by atoms with van der Waals surface area (Å²) in [5.74, 6) is 1.92. The first-order valence-electron chi connectivity index (χ1n) is 12.1. The number of hydrogen-bond donors (Lipinski definition) is 0. The zero-order valence-corrected chi connectivity index (χ0v) is 20.9. The van der Waals surface area contributed by atoms with Crippen molar-refractivity contribution in [1.82, 2.24) is 4.90 Å². The van der Waals surface area contributed by atoms with Crippen molar-refractivity contribution in [3.63, 3.8) is 0 Å². The summed E-state index contributed by atoms with van der Waals surface area (Å²) in [5, 5.41) is 1.91. The van der Waals surface area contributed by atoms with Gasteiger partial charge in [-0.1, -0.05) is 23.7 Å². The van der Waals surface area contributed by atoms with Crippen LogP contribution in [0.25, 0.3) is 16.5 Å². The lowest BCUT2D eigenvalue weighted by Crippen LogP contribution is -2.48. The number of anilines is 1. The van der Waals surface area contributed by atoms with E-state index in [2.05, 4.69) is 11.0 Å². The first-order chi connectivity index (χ1) is 16.5. The minimum atomic E-state index is 0.0327. The van der Waals surface area contributed by atoms with E-state index in [0.29, 0.717) is 13.1 Å². The molecule has 178 valence electrons. The Morgan fingerprint density at radius 3 is 2.59 bits per heavy atom. The van der Waals surface area contributed by atoms with Gasteiger partial charge >= 0.3 is 0 Å². The number of ether oxygens (including phenoxy) is 1. The number of aryl methyl sites for hydroxylation is 3. The van der Waals surface area contributed by atoms with Gasteiger partial charge in [-0.05, 0) is 56.9 Å². The quantitative estimate of drug-likeness (QED) is 0.429. The molecule has 1 aliphatic carbocycles. The van der Waals surface area contributed by atoms with E-state index in [1.54, 1.807) is 13.2 Å². The number of fused-ring (bicyclic) bond motifs is 3. The summed E-state index contributed by atoms with van der Waals surface area (Å²) in [6.45, 7) is 6.89. The van der Waals surface area contributed by atoms with Gasteiger partial charge in [0.15, 0.2) is 0 Å². The van der Waals surface area contributed by atoms with E-state index >= 15 is 0 Å². The molecule has 5 nitrogen and oxygen atoms in total. The van der Waals surface area contributed by atoms with Crippen LogP contribution in [0.4, 0.5) is 5.69 Å². The number of hydrogen-bond acceptors (Lipinski definition) is 4. The average molecular weight is 479 g/mol. The SMILES string of the molecule is COc1c(/C(C)=C/C(=O)N2CCN(c3ccccc3Cl)CC2)cc2c3c(oc2c1C)CCCC3.